The van der Waals surface area contributed by atoms with Gasteiger partial charge in [-0.2, -0.15) is 0 Å². The maximum absolute atomic E-state index is 11.9. The molecule has 2 rings (SSSR count). The molecule has 1 N–H and O–H groups in total. The molecule has 1 fully saturated rings. The third kappa shape index (κ3) is 2.80. The summed E-state index contributed by atoms with van der Waals surface area (Å²) in [5.41, 5.74) is 0.688. The van der Waals surface area contributed by atoms with E-state index in [9.17, 15) is 9.59 Å². The van der Waals surface area contributed by atoms with Crippen LogP contribution in [0.3, 0.4) is 0 Å². The van der Waals surface area contributed by atoms with Gasteiger partial charge in [-0.3, -0.25) is 14.7 Å². The summed E-state index contributed by atoms with van der Waals surface area (Å²) in [6.45, 7) is 5.78. The van der Waals surface area contributed by atoms with Gasteiger partial charge < -0.3 is 10.1 Å². The highest BCUT2D eigenvalue weighted by atomic mass is 16.5. The summed E-state index contributed by atoms with van der Waals surface area (Å²) in [7, 11) is 1.34. The van der Waals surface area contributed by atoms with Crippen LogP contribution < -0.4 is 5.32 Å². The van der Waals surface area contributed by atoms with Crippen LogP contribution in [0.4, 0.5) is 0 Å². The molecule has 1 aliphatic heterocycles. The zero-order valence-corrected chi connectivity index (χ0v) is 12.0. The van der Waals surface area contributed by atoms with Crippen LogP contribution in [0.5, 0.6) is 0 Å². The largest absolute Gasteiger partial charge is 0.465 e. The molecule has 1 amide bonds. The number of piperazine rings is 1. The van der Waals surface area contributed by atoms with Crippen molar-refractivity contribution in [2.45, 2.75) is 25.9 Å². The number of aromatic nitrogens is 1. The van der Waals surface area contributed by atoms with Crippen molar-refractivity contribution in [3.8, 4) is 0 Å². The monoisotopic (exact) mass is 277 g/mol. The Hall–Kier alpha value is -1.95. The van der Waals surface area contributed by atoms with Crippen molar-refractivity contribution in [3.63, 3.8) is 0 Å². The molecule has 0 saturated carbocycles. The van der Waals surface area contributed by atoms with Gasteiger partial charge in [0.05, 0.1) is 23.9 Å². The molecule has 0 atom stereocenters. The number of esters is 1. The fourth-order valence-corrected chi connectivity index (χ4v) is 2.17. The maximum atomic E-state index is 11.9. The number of hydrogen-bond acceptors (Lipinski definition) is 5. The first-order valence-corrected chi connectivity index (χ1v) is 6.51. The Labute approximate surface area is 118 Å². The molecule has 1 aliphatic rings. The van der Waals surface area contributed by atoms with Crippen molar-refractivity contribution in [2.24, 2.45) is 0 Å². The number of carbonyl (C=O) groups is 2. The minimum Gasteiger partial charge on any atom is -0.465 e. The summed E-state index contributed by atoms with van der Waals surface area (Å²) in [5.74, 6) is -0.378. The van der Waals surface area contributed by atoms with Crippen LogP contribution in [0.25, 0.3) is 0 Å². The minimum absolute atomic E-state index is 0.0231. The van der Waals surface area contributed by atoms with Crippen molar-refractivity contribution in [3.05, 3.63) is 29.6 Å². The molecule has 0 spiro atoms. The van der Waals surface area contributed by atoms with E-state index >= 15 is 0 Å². The predicted molar refractivity (Wildman–Crippen MR) is 73.1 cm³/mol. The van der Waals surface area contributed by atoms with Gasteiger partial charge in [0.2, 0.25) is 5.91 Å². The Morgan fingerprint density at radius 1 is 1.50 bits per heavy atom. The maximum Gasteiger partial charge on any atom is 0.339 e. The van der Waals surface area contributed by atoms with Gasteiger partial charge in [-0.15, -0.1) is 0 Å². The van der Waals surface area contributed by atoms with E-state index in [1.807, 2.05) is 13.8 Å². The van der Waals surface area contributed by atoms with E-state index in [4.69, 9.17) is 0 Å². The molecule has 20 heavy (non-hydrogen) atoms. The van der Waals surface area contributed by atoms with Crippen LogP contribution in [0.1, 0.15) is 29.9 Å². The number of amides is 1. The third-order valence-electron chi connectivity index (χ3n) is 3.61. The van der Waals surface area contributed by atoms with Crippen LogP contribution >= 0.6 is 0 Å². The molecule has 6 nitrogen and oxygen atoms in total. The molecule has 6 heteroatoms. The minimum atomic E-state index is -0.555. The number of pyridine rings is 1. The number of ether oxygens (including phenoxy) is 1. The zero-order chi connectivity index (χ0) is 14.8. The first-order chi connectivity index (χ1) is 9.45. The van der Waals surface area contributed by atoms with Crippen LogP contribution in [-0.4, -0.2) is 47.5 Å². The lowest BCUT2D eigenvalue weighted by molar-refractivity contribution is -0.135. The Kier molecular flexibility index (Phi) is 4.04. The molecule has 0 bridgehead atoms. The Bertz CT molecular complexity index is 511. The zero-order valence-electron chi connectivity index (χ0n) is 12.0. The van der Waals surface area contributed by atoms with E-state index < -0.39 is 11.5 Å². The third-order valence-corrected chi connectivity index (χ3v) is 3.61. The Morgan fingerprint density at radius 2 is 2.25 bits per heavy atom. The lowest BCUT2D eigenvalue weighted by Gasteiger charge is -2.40. The van der Waals surface area contributed by atoms with E-state index in [0.29, 0.717) is 18.7 Å². The van der Waals surface area contributed by atoms with Crippen molar-refractivity contribution in [1.29, 1.82) is 0 Å². The molecule has 0 aliphatic carbocycles. The van der Waals surface area contributed by atoms with E-state index in [0.717, 1.165) is 12.2 Å². The second-order valence-corrected chi connectivity index (χ2v) is 5.27. The van der Waals surface area contributed by atoms with Crippen molar-refractivity contribution >= 4 is 11.9 Å². The molecule has 0 unspecified atom stereocenters. The summed E-state index contributed by atoms with van der Waals surface area (Å²) in [4.78, 5) is 29.5. The molecule has 0 radical (unpaired) electrons. The Morgan fingerprint density at radius 3 is 2.85 bits per heavy atom. The summed E-state index contributed by atoms with van der Waals surface area (Å²) in [5, 5.41) is 2.86. The molecule has 1 saturated heterocycles. The van der Waals surface area contributed by atoms with Gasteiger partial charge in [0.1, 0.15) is 0 Å². The SMILES string of the molecule is COC(=O)c1ccc(CN2CCNC(=O)C2(C)C)nc1. The highest BCUT2D eigenvalue weighted by molar-refractivity contribution is 5.88. The van der Waals surface area contributed by atoms with Gasteiger partial charge in [-0.05, 0) is 26.0 Å². The molecule has 1 aromatic heterocycles. The smallest absolute Gasteiger partial charge is 0.339 e. The summed E-state index contributed by atoms with van der Waals surface area (Å²) in [6, 6.07) is 3.47. The number of carbonyl (C=O) groups excluding carboxylic acids is 2. The standard InChI is InChI=1S/C14H19N3O3/c1-14(2)13(19)15-6-7-17(14)9-11-5-4-10(8-16-11)12(18)20-3/h4-5,8H,6-7,9H2,1-3H3,(H,15,19). The number of hydrogen-bond donors (Lipinski definition) is 1. The van der Waals surface area contributed by atoms with Crippen LogP contribution in [0.2, 0.25) is 0 Å². The average Bonchev–Trinajstić information content (AvgIpc) is 2.44. The second-order valence-electron chi connectivity index (χ2n) is 5.27. The lowest BCUT2D eigenvalue weighted by atomic mass is 9.98. The highest BCUT2D eigenvalue weighted by Crippen LogP contribution is 2.20. The summed E-state index contributed by atoms with van der Waals surface area (Å²) in [6.07, 6.45) is 1.50. The van der Waals surface area contributed by atoms with Crippen LogP contribution in [-0.2, 0) is 16.1 Å². The molecule has 0 aromatic carbocycles. The lowest BCUT2D eigenvalue weighted by Crippen LogP contribution is -2.61. The first kappa shape index (κ1) is 14.5. The van der Waals surface area contributed by atoms with Gasteiger partial charge in [0.25, 0.3) is 0 Å². The van der Waals surface area contributed by atoms with Gasteiger partial charge in [-0.25, -0.2) is 4.79 Å². The second kappa shape index (κ2) is 5.58. The van der Waals surface area contributed by atoms with Crippen LogP contribution in [0, 0.1) is 0 Å². The fourth-order valence-electron chi connectivity index (χ4n) is 2.17. The fraction of sp³-hybridized carbons (Fsp3) is 0.500. The summed E-state index contributed by atoms with van der Waals surface area (Å²) >= 11 is 0. The predicted octanol–water partition coefficient (Wildman–Crippen LogP) is 0.579. The van der Waals surface area contributed by atoms with E-state index in [1.54, 1.807) is 12.1 Å². The normalized spacial score (nSPS) is 18.4. The molecule has 2 heterocycles. The highest BCUT2D eigenvalue weighted by Gasteiger charge is 2.37. The molecular weight excluding hydrogens is 258 g/mol. The number of nitrogens with one attached hydrogen (secondary N) is 1. The van der Waals surface area contributed by atoms with Crippen molar-refractivity contribution < 1.29 is 14.3 Å². The quantitative estimate of drug-likeness (QED) is 0.818. The van der Waals surface area contributed by atoms with E-state index in [1.165, 1.54) is 13.3 Å². The molecule has 1 aromatic rings. The Balaban J connectivity index is 2.10. The number of nitrogens with zero attached hydrogens (tertiary/aromatic N) is 2. The number of methoxy groups -OCH3 is 1. The topological polar surface area (TPSA) is 71.5 Å². The average molecular weight is 277 g/mol. The first-order valence-electron chi connectivity index (χ1n) is 6.51. The van der Waals surface area contributed by atoms with Gasteiger partial charge in [0, 0.05) is 25.8 Å². The van der Waals surface area contributed by atoms with Crippen molar-refractivity contribution in [1.82, 2.24) is 15.2 Å². The molecule has 108 valence electrons. The van der Waals surface area contributed by atoms with Gasteiger partial charge >= 0.3 is 5.97 Å². The van der Waals surface area contributed by atoms with E-state index in [-0.39, 0.29) is 5.91 Å². The number of rotatable bonds is 3. The molecular formula is C14H19N3O3. The van der Waals surface area contributed by atoms with E-state index in [2.05, 4.69) is 19.9 Å². The van der Waals surface area contributed by atoms with Crippen molar-refractivity contribution in [2.75, 3.05) is 20.2 Å². The summed E-state index contributed by atoms with van der Waals surface area (Å²) < 4.78 is 4.63. The van der Waals surface area contributed by atoms with Gasteiger partial charge in [-0.1, -0.05) is 0 Å². The van der Waals surface area contributed by atoms with Gasteiger partial charge in [0.15, 0.2) is 0 Å². The van der Waals surface area contributed by atoms with Crippen LogP contribution in [0.15, 0.2) is 18.3 Å².